The lowest BCUT2D eigenvalue weighted by Crippen LogP contribution is -2.29. The number of nitrogens with one attached hydrogen (secondary N) is 1. The topological polar surface area (TPSA) is 158 Å². The van der Waals surface area contributed by atoms with Gasteiger partial charge in [-0.2, -0.15) is 0 Å². The molecular weight excluding hydrogens is 854 g/mol. The molecule has 0 fully saturated rings. The third-order valence-electron chi connectivity index (χ3n) is 9.50. The average molecular weight is 931 g/mol. The van der Waals surface area contributed by atoms with Crippen molar-refractivity contribution in [2.24, 2.45) is 0 Å². The molecule has 1 N–H and O–H groups in total. The molecule has 0 saturated heterocycles. The van der Waals surface area contributed by atoms with Crippen LogP contribution in [0.2, 0.25) is 0 Å². The van der Waals surface area contributed by atoms with E-state index in [1.54, 1.807) is 0 Å². The number of hydrogen-bond acceptors (Lipinski definition) is 15. The van der Waals surface area contributed by atoms with Crippen LogP contribution in [0.1, 0.15) is 42.7 Å². The predicted octanol–water partition coefficient (Wildman–Crippen LogP) is 5.54. The van der Waals surface area contributed by atoms with E-state index in [1.807, 2.05) is 24.3 Å². The molecule has 0 radical (unpaired) electrons. The van der Waals surface area contributed by atoms with Crippen molar-refractivity contribution in [2.75, 3.05) is 191 Å². The number of carbonyl (C=O) groups excluding carboxylic acids is 1. The smallest absolute Gasteiger partial charge is 0.407 e. The van der Waals surface area contributed by atoms with Crippen LogP contribution in [0.15, 0.2) is 48.5 Å². The number of halogens is 1. The summed E-state index contributed by atoms with van der Waals surface area (Å²) in [6.07, 6.45) is 4.02. The summed E-state index contributed by atoms with van der Waals surface area (Å²) in [6.45, 7) is 13.8. The molecule has 2 aromatic carbocycles. The Morgan fingerprint density at radius 2 is 0.688 bits per heavy atom. The van der Waals surface area contributed by atoms with E-state index >= 15 is 0 Å². The highest BCUT2D eigenvalue weighted by atomic mass is 35.5. The Kier molecular flexibility index (Phi) is 36.5. The molecule has 0 atom stereocenters. The third kappa shape index (κ3) is 29.2. The van der Waals surface area contributed by atoms with Crippen molar-refractivity contribution >= 4 is 17.7 Å². The minimum Gasteiger partial charge on any atom is -0.449 e. The fraction of sp³-hybridized carbons (Fsp3) is 0.723. The fourth-order valence-electron chi connectivity index (χ4n) is 6.27. The minimum absolute atomic E-state index is 0.0337. The molecule has 0 saturated carbocycles. The van der Waals surface area contributed by atoms with Crippen LogP contribution in [0, 0.1) is 0 Å². The van der Waals surface area contributed by atoms with Gasteiger partial charge in [-0.05, 0) is 35.1 Å². The van der Waals surface area contributed by atoms with Gasteiger partial charge in [-0.15, -0.1) is 11.6 Å². The van der Waals surface area contributed by atoms with Crippen molar-refractivity contribution in [3.63, 3.8) is 0 Å². The van der Waals surface area contributed by atoms with Crippen LogP contribution in [0.5, 0.6) is 0 Å². The van der Waals surface area contributed by atoms with E-state index in [0.29, 0.717) is 172 Å². The molecule has 0 aliphatic heterocycles. The normalized spacial score (nSPS) is 12.2. The first-order chi connectivity index (χ1) is 31.8. The number of benzene rings is 2. The van der Waals surface area contributed by atoms with Gasteiger partial charge in [-0.25, -0.2) is 4.79 Å². The Balaban J connectivity index is 0.904. The molecule has 1 aliphatic carbocycles. The number of hydrogen-bond donors (Lipinski definition) is 1. The second-order valence-corrected chi connectivity index (χ2v) is 14.7. The van der Waals surface area contributed by atoms with Gasteiger partial charge in [0.25, 0.3) is 0 Å². The second kappa shape index (κ2) is 41.9. The van der Waals surface area contributed by atoms with Crippen LogP contribution in [0.4, 0.5) is 4.79 Å². The summed E-state index contributed by atoms with van der Waals surface area (Å²) >= 11 is 5.67. The van der Waals surface area contributed by atoms with E-state index in [-0.39, 0.29) is 12.5 Å². The monoisotopic (exact) mass is 929 g/mol. The van der Waals surface area contributed by atoms with Crippen LogP contribution in [-0.4, -0.2) is 197 Å². The maximum atomic E-state index is 12.3. The van der Waals surface area contributed by atoms with Gasteiger partial charge in [0.2, 0.25) is 0 Å². The summed E-state index contributed by atoms with van der Waals surface area (Å²) in [5.74, 6) is 0.772. The summed E-state index contributed by atoms with van der Waals surface area (Å²) in [7, 11) is 0. The molecule has 1 aliphatic rings. The van der Waals surface area contributed by atoms with E-state index in [0.717, 1.165) is 31.7 Å². The summed E-state index contributed by atoms with van der Waals surface area (Å²) in [4.78, 5) is 12.3. The number of carbonyl (C=O) groups is 1. The Morgan fingerprint density at radius 1 is 0.391 bits per heavy atom. The standard InChI is InChI=1S/C47H76ClNO15/c48-13-7-1-2-8-15-51-17-19-53-21-23-55-25-27-57-29-31-59-33-35-61-37-39-63-40-38-62-36-34-60-32-30-58-28-26-56-24-22-54-20-18-52-16-14-49-47(50)64-41-46-44-11-5-3-9-42(44)43-10-4-6-12-45(43)46/h3-6,9-12,46H,1-2,7-8,13-41H2,(H,49,50). The number of alkyl halides is 1. The van der Waals surface area contributed by atoms with Gasteiger partial charge in [-0.1, -0.05) is 61.4 Å². The number of amides is 1. The van der Waals surface area contributed by atoms with Gasteiger partial charge in [0.05, 0.1) is 165 Å². The molecule has 366 valence electrons. The molecule has 2 aromatic rings. The van der Waals surface area contributed by atoms with Crippen molar-refractivity contribution in [1.82, 2.24) is 5.32 Å². The van der Waals surface area contributed by atoms with Gasteiger partial charge in [0, 0.05) is 24.9 Å². The zero-order valence-electron chi connectivity index (χ0n) is 38.0. The summed E-state index contributed by atoms with van der Waals surface area (Å²) in [5, 5.41) is 2.75. The quantitative estimate of drug-likeness (QED) is 0.0651. The van der Waals surface area contributed by atoms with Crippen molar-refractivity contribution < 1.29 is 71.1 Å². The zero-order valence-corrected chi connectivity index (χ0v) is 38.8. The molecule has 0 unspecified atom stereocenters. The van der Waals surface area contributed by atoms with Gasteiger partial charge < -0.3 is 71.6 Å². The molecule has 17 heteroatoms. The molecule has 3 rings (SSSR count). The van der Waals surface area contributed by atoms with E-state index in [4.69, 9.17) is 77.9 Å². The number of alkyl carbamates (subject to hydrolysis) is 1. The van der Waals surface area contributed by atoms with Crippen LogP contribution >= 0.6 is 11.6 Å². The minimum atomic E-state index is -0.454. The van der Waals surface area contributed by atoms with E-state index in [1.165, 1.54) is 28.7 Å². The Morgan fingerprint density at radius 3 is 1.03 bits per heavy atom. The molecule has 0 heterocycles. The molecule has 0 spiro atoms. The number of ether oxygens (including phenoxy) is 14. The number of rotatable bonds is 47. The SMILES string of the molecule is O=C(NCCOCCOCCOCCOCCOCCOCCOCCOCCOCCOCCOCCOCCOCCCCCCCl)OCC1c2ccccc2-c2ccccc21. The average Bonchev–Trinajstić information content (AvgIpc) is 3.64. The summed E-state index contributed by atoms with van der Waals surface area (Å²) in [6, 6.07) is 16.5. The predicted molar refractivity (Wildman–Crippen MR) is 243 cm³/mol. The van der Waals surface area contributed by atoms with Gasteiger partial charge in [0.15, 0.2) is 0 Å². The van der Waals surface area contributed by atoms with Crippen molar-refractivity contribution in [1.29, 1.82) is 0 Å². The van der Waals surface area contributed by atoms with Crippen LogP contribution in [0.25, 0.3) is 11.1 Å². The van der Waals surface area contributed by atoms with Crippen LogP contribution < -0.4 is 5.32 Å². The van der Waals surface area contributed by atoms with Crippen molar-refractivity contribution in [3.8, 4) is 11.1 Å². The lowest BCUT2D eigenvalue weighted by molar-refractivity contribution is -0.0290. The molecule has 64 heavy (non-hydrogen) atoms. The van der Waals surface area contributed by atoms with Gasteiger partial charge in [-0.3, -0.25) is 0 Å². The third-order valence-corrected chi connectivity index (χ3v) is 9.76. The molecule has 0 bridgehead atoms. The molecule has 1 amide bonds. The highest BCUT2D eigenvalue weighted by Gasteiger charge is 2.29. The highest BCUT2D eigenvalue weighted by Crippen LogP contribution is 2.44. The largest absolute Gasteiger partial charge is 0.449 e. The van der Waals surface area contributed by atoms with E-state index in [2.05, 4.69) is 29.6 Å². The Labute approximate surface area is 386 Å². The lowest BCUT2D eigenvalue weighted by atomic mass is 9.98. The summed E-state index contributed by atoms with van der Waals surface area (Å²) < 4.78 is 77.2. The van der Waals surface area contributed by atoms with Crippen molar-refractivity contribution in [3.05, 3.63) is 59.7 Å². The second-order valence-electron chi connectivity index (χ2n) is 14.3. The first kappa shape index (κ1) is 55.8. The number of unbranched alkanes of at least 4 members (excludes halogenated alkanes) is 3. The van der Waals surface area contributed by atoms with Crippen LogP contribution in [0.3, 0.4) is 0 Å². The fourth-order valence-corrected chi connectivity index (χ4v) is 6.46. The van der Waals surface area contributed by atoms with Crippen LogP contribution in [-0.2, 0) is 66.3 Å². The Bertz CT molecular complexity index is 1320. The van der Waals surface area contributed by atoms with Gasteiger partial charge in [0.1, 0.15) is 6.61 Å². The van der Waals surface area contributed by atoms with E-state index < -0.39 is 6.09 Å². The van der Waals surface area contributed by atoms with Gasteiger partial charge >= 0.3 is 6.09 Å². The van der Waals surface area contributed by atoms with E-state index in [9.17, 15) is 4.79 Å². The maximum absolute atomic E-state index is 12.3. The molecule has 0 aromatic heterocycles. The van der Waals surface area contributed by atoms with Crippen molar-refractivity contribution in [2.45, 2.75) is 31.6 Å². The number of fused-ring (bicyclic) bond motifs is 3. The zero-order chi connectivity index (χ0) is 45.1. The molecular formula is C47H76ClNO15. The lowest BCUT2D eigenvalue weighted by Gasteiger charge is -2.14. The highest BCUT2D eigenvalue weighted by molar-refractivity contribution is 6.17. The Hall–Kier alpha value is -2.52. The maximum Gasteiger partial charge on any atom is 0.407 e. The first-order valence-corrected chi connectivity index (χ1v) is 23.5. The molecule has 16 nitrogen and oxygen atoms in total. The first-order valence-electron chi connectivity index (χ1n) is 23.0. The summed E-state index contributed by atoms with van der Waals surface area (Å²) in [5.41, 5.74) is 4.77.